The highest BCUT2D eigenvalue weighted by atomic mass is 32.1. The third kappa shape index (κ3) is 1.79. The van der Waals surface area contributed by atoms with Gasteiger partial charge < -0.3 is 0 Å². The Bertz CT molecular complexity index is 872. The van der Waals surface area contributed by atoms with Crippen molar-refractivity contribution in [3.8, 4) is 0 Å². The molecule has 0 saturated carbocycles. The van der Waals surface area contributed by atoms with E-state index in [4.69, 9.17) is 12.2 Å². The Morgan fingerprint density at radius 1 is 1.37 bits per heavy atom. The van der Waals surface area contributed by atoms with Gasteiger partial charge in [-0.05, 0) is 30.3 Å². The van der Waals surface area contributed by atoms with Crippen molar-refractivity contribution in [2.75, 3.05) is 0 Å². The smallest absolute Gasteiger partial charge is 0.262 e. The zero-order chi connectivity index (χ0) is 13.6. The molecule has 3 rings (SSSR count). The SMILES string of the molecule is CC(C)Cn1c(=O)c2ccccc2n2c(=S)[nH]nc12. The van der Waals surface area contributed by atoms with Crippen molar-refractivity contribution in [3.05, 3.63) is 39.4 Å². The van der Waals surface area contributed by atoms with Gasteiger partial charge in [0.15, 0.2) is 0 Å². The summed E-state index contributed by atoms with van der Waals surface area (Å²) >= 11 is 5.26. The van der Waals surface area contributed by atoms with E-state index in [1.807, 2.05) is 28.7 Å². The summed E-state index contributed by atoms with van der Waals surface area (Å²) in [7, 11) is 0. The topological polar surface area (TPSA) is 55.1 Å². The standard InChI is InChI=1S/C13H14N4OS/c1-8(2)7-16-11(18)9-5-3-4-6-10(9)17-12(16)14-15-13(17)19/h3-6,8H,7H2,1-2H3,(H,15,19). The molecule has 0 aliphatic heterocycles. The number of para-hydroxylation sites is 1. The fraction of sp³-hybridized carbons (Fsp3) is 0.308. The van der Waals surface area contributed by atoms with E-state index in [9.17, 15) is 4.79 Å². The van der Waals surface area contributed by atoms with Gasteiger partial charge in [-0.1, -0.05) is 26.0 Å². The number of hydrogen-bond donors (Lipinski definition) is 1. The fourth-order valence-electron chi connectivity index (χ4n) is 2.30. The van der Waals surface area contributed by atoms with Crippen molar-refractivity contribution >= 4 is 28.9 Å². The van der Waals surface area contributed by atoms with Crippen molar-refractivity contribution in [2.45, 2.75) is 20.4 Å². The molecule has 0 saturated heterocycles. The van der Waals surface area contributed by atoms with Crippen LogP contribution in [0.5, 0.6) is 0 Å². The molecule has 1 N–H and O–H groups in total. The lowest BCUT2D eigenvalue weighted by Gasteiger charge is -2.11. The first-order valence-electron chi connectivity index (χ1n) is 6.18. The predicted octanol–water partition coefficient (Wildman–Crippen LogP) is 2.36. The molecule has 0 fully saturated rings. The van der Waals surface area contributed by atoms with Gasteiger partial charge in [-0.25, -0.2) is 5.10 Å². The third-order valence-electron chi connectivity index (χ3n) is 3.06. The van der Waals surface area contributed by atoms with Gasteiger partial charge in [0.05, 0.1) is 10.9 Å². The minimum atomic E-state index is -0.0224. The molecular formula is C13H14N4OS. The highest BCUT2D eigenvalue weighted by Crippen LogP contribution is 2.13. The van der Waals surface area contributed by atoms with E-state index in [0.29, 0.717) is 28.4 Å². The summed E-state index contributed by atoms with van der Waals surface area (Å²) in [6.07, 6.45) is 0. The van der Waals surface area contributed by atoms with Crippen LogP contribution in [0.3, 0.4) is 0 Å². The minimum Gasteiger partial charge on any atom is -0.276 e. The van der Waals surface area contributed by atoms with Crippen LogP contribution in [0.25, 0.3) is 16.7 Å². The molecule has 0 atom stereocenters. The van der Waals surface area contributed by atoms with E-state index in [2.05, 4.69) is 24.0 Å². The van der Waals surface area contributed by atoms with E-state index in [-0.39, 0.29) is 5.56 Å². The number of aromatic nitrogens is 4. The van der Waals surface area contributed by atoms with Crippen LogP contribution in [-0.2, 0) is 6.54 Å². The summed E-state index contributed by atoms with van der Waals surface area (Å²) in [5.74, 6) is 0.926. The third-order valence-corrected chi connectivity index (χ3v) is 3.34. The molecular weight excluding hydrogens is 260 g/mol. The number of nitrogens with zero attached hydrogens (tertiary/aromatic N) is 3. The normalized spacial score (nSPS) is 11.7. The van der Waals surface area contributed by atoms with Crippen LogP contribution in [0.4, 0.5) is 0 Å². The van der Waals surface area contributed by atoms with Crippen LogP contribution in [-0.4, -0.2) is 19.2 Å². The second-order valence-electron chi connectivity index (χ2n) is 4.99. The molecule has 2 heterocycles. The molecule has 3 aromatic rings. The first kappa shape index (κ1) is 12.1. The molecule has 0 spiro atoms. The Balaban J connectivity index is 2.57. The number of rotatable bonds is 2. The summed E-state index contributed by atoms with van der Waals surface area (Å²) in [6.45, 7) is 4.76. The first-order valence-corrected chi connectivity index (χ1v) is 6.59. The Labute approximate surface area is 114 Å². The highest BCUT2D eigenvalue weighted by molar-refractivity contribution is 7.71. The molecule has 0 aliphatic carbocycles. The maximum Gasteiger partial charge on any atom is 0.262 e. The van der Waals surface area contributed by atoms with E-state index in [1.165, 1.54) is 0 Å². The molecule has 0 radical (unpaired) electrons. The molecule has 2 aromatic heterocycles. The number of aromatic amines is 1. The molecule has 0 aliphatic rings. The van der Waals surface area contributed by atoms with E-state index >= 15 is 0 Å². The summed E-state index contributed by atoms with van der Waals surface area (Å²) in [6, 6.07) is 7.46. The van der Waals surface area contributed by atoms with Crippen LogP contribution in [0.2, 0.25) is 0 Å². The Kier molecular flexibility index (Phi) is 2.74. The average molecular weight is 274 g/mol. The zero-order valence-corrected chi connectivity index (χ0v) is 11.6. The van der Waals surface area contributed by atoms with Crippen LogP contribution >= 0.6 is 12.2 Å². The van der Waals surface area contributed by atoms with Gasteiger partial charge in [0.2, 0.25) is 10.5 Å². The molecule has 0 amide bonds. The number of nitrogens with one attached hydrogen (secondary N) is 1. The first-order chi connectivity index (χ1) is 9.09. The molecule has 0 unspecified atom stereocenters. The molecule has 0 bridgehead atoms. The largest absolute Gasteiger partial charge is 0.276 e. The molecule has 1 aromatic carbocycles. The van der Waals surface area contributed by atoms with E-state index < -0.39 is 0 Å². The van der Waals surface area contributed by atoms with Crippen molar-refractivity contribution in [1.82, 2.24) is 19.2 Å². The predicted molar refractivity (Wildman–Crippen MR) is 77.0 cm³/mol. The summed E-state index contributed by atoms with van der Waals surface area (Å²) < 4.78 is 4.00. The maximum absolute atomic E-state index is 12.5. The molecule has 98 valence electrons. The Hall–Kier alpha value is -1.95. The minimum absolute atomic E-state index is 0.0224. The number of fused-ring (bicyclic) bond motifs is 3. The van der Waals surface area contributed by atoms with E-state index in [1.54, 1.807) is 4.57 Å². The maximum atomic E-state index is 12.5. The lowest BCUT2D eigenvalue weighted by atomic mass is 10.2. The summed E-state index contributed by atoms with van der Waals surface area (Å²) in [5.41, 5.74) is 0.770. The van der Waals surface area contributed by atoms with Crippen molar-refractivity contribution in [2.24, 2.45) is 5.92 Å². The fourth-order valence-corrected chi connectivity index (χ4v) is 2.53. The average Bonchev–Trinajstić information content (AvgIpc) is 2.76. The van der Waals surface area contributed by atoms with Gasteiger partial charge in [-0.2, -0.15) is 0 Å². The van der Waals surface area contributed by atoms with Gasteiger partial charge in [0, 0.05) is 6.54 Å². The number of hydrogen-bond acceptors (Lipinski definition) is 3. The van der Waals surface area contributed by atoms with Gasteiger partial charge in [0.25, 0.3) is 5.56 Å². The highest BCUT2D eigenvalue weighted by Gasteiger charge is 2.13. The van der Waals surface area contributed by atoms with Gasteiger partial charge in [0.1, 0.15) is 0 Å². The Morgan fingerprint density at radius 3 is 2.84 bits per heavy atom. The number of H-pyrrole nitrogens is 1. The summed E-state index contributed by atoms with van der Waals surface area (Å²) in [4.78, 5) is 12.5. The van der Waals surface area contributed by atoms with Gasteiger partial charge in [-0.3, -0.25) is 13.8 Å². The lowest BCUT2D eigenvalue weighted by molar-refractivity contribution is 0.517. The van der Waals surface area contributed by atoms with Crippen molar-refractivity contribution in [3.63, 3.8) is 0 Å². The second kappa shape index (κ2) is 4.31. The van der Waals surface area contributed by atoms with Crippen molar-refractivity contribution < 1.29 is 0 Å². The molecule has 19 heavy (non-hydrogen) atoms. The van der Waals surface area contributed by atoms with Crippen LogP contribution in [0.1, 0.15) is 13.8 Å². The quantitative estimate of drug-likeness (QED) is 0.730. The summed E-state index contributed by atoms with van der Waals surface area (Å²) in [5, 5.41) is 7.62. The van der Waals surface area contributed by atoms with Gasteiger partial charge in [-0.15, -0.1) is 5.10 Å². The van der Waals surface area contributed by atoms with E-state index in [0.717, 1.165) is 5.52 Å². The monoisotopic (exact) mass is 274 g/mol. The van der Waals surface area contributed by atoms with Crippen LogP contribution in [0.15, 0.2) is 29.1 Å². The van der Waals surface area contributed by atoms with Crippen LogP contribution in [0, 0.1) is 10.7 Å². The molecule has 5 nitrogen and oxygen atoms in total. The Morgan fingerprint density at radius 2 is 2.11 bits per heavy atom. The number of benzene rings is 1. The van der Waals surface area contributed by atoms with Crippen molar-refractivity contribution in [1.29, 1.82) is 0 Å². The zero-order valence-electron chi connectivity index (χ0n) is 10.8. The lowest BCUT2D eigenvalue weighted by Crippen LogP contribution is -2.25. The molecule has 6 heteroatoms. The van der Waals surface area contributed by atoms with Crippen LogP contribution < -0.4 is 5.56 Å². The second-order valence-corrected chi connectivity index (χ2v) is 5.38. The van der Waals surface area contributed by atoms with Gasteiger partial charge >= 0.3 is 0 Å².